The molecule has 0 spiro atoms. The molecule has 9 heteroatoms. The molecule has 2 atom stereocenters. The Morgan fingerprint density at radius 1 is 1.27 bits per heavy atom. The van der Waals surface area contributed by atoms with Crippen molar-refractivity contribution in [3.8, 4) is 11.6 Å². The minimum atomic E-state index is 0.325. The first-order chi connectivity index (χ1) is 12.7. The van der Waals surface area contributed by atoms with Crippen LogP contribution >= 0.6 is 0 Å². The number of hydrogen-bond donors (Lipinski definition) is 1. The Labute approximate surface area is 150 Å². The van der Waals surface area contributed by atoms with Gasteiger partial charge in [-0.05, 0) is 18.6 Å². The molecule has 3 aromatic heterocycles. The Balaban J connectivity index is 1.44. The molecule has 0 radical (unpaired) electrons. The molecule has 0 aliphatic carbocycles. The number of ether oxygens (including phenoxy) is 1. The van der Waals surface area contributed by atoms with Crippen LogP contribution in [0.5, 0.6) is 0 Å². The Morgan fingerprint density at radius 2 is 2.19 bits per heavy atom. The molecular weight excluding hydrogens is 334 g/mol. The van der Waals surface area contributed by atoms with Gasteiger partial charge in [0.2, 0.25) is 11.8 Å². The molecule has 2 aliphatic heterocycles. The van der Waals surface area contributed by atoms with Gasteiger partial charge in [-0.2, -0.15) is 9.50 Å². The molecular formula is C17H21N7O2. The van der Waals surface area contributed by atoms with Crippen LogP contribution in [0.1, 0.15) is 6.42 Å². The molecule has 26 heavy (non-hydrogen) atoms. The first-order valence-corrected chi connectivity index (χ1v) is 8.80. The van der Waals surface area contributed by atoms with Crippen LogP contribution in [-0.2, 0) is 4.74 Å². The fraction of sp³-hybridized carbons (Fsp3) is 0.471. The number of nitrogen functional groups attached to an aromatic ring is 1. The van der Waals surface area contributed by atoms with Crippen LogP contribution in [0.25, 0.3) is 17.2 Å². The van der Waals surface area contributed by atoms with Gasteiger partial charge in [0.1, 0.15) is 5.82 Å². The first kappa shape index (κ1) is 15.6. The van der Waals surface area contributed by atoms with Crippen molar-refractivity contribution in [3.05, 3.63) is 24.5 Å². The summed E-state index contributed by atoms with van der Waals surface area (Å²) < 4.78 is 12.5. The smallest absolute Gasteiger partial charge is 0.225 e. The van der Waals surface area contributed by atoms with Gasteiger partial charge in [-0.25, -0.2) is 4.98 Å². The highest BCUT2D eigenvalue weighted by Gasteiger charge is 2.36. The Morgan fingerprint density at radius 3 is 3.00 bits per heavy atom. The van der Waals surface area contributed by atoms with Gasteiger partial charge in [0.05, 0.1) is 12.4 Å². The lowest BCUT2D eigenvalue weighted by molar-refractivity contribution is 0.108. The van der Waals surface area contributed by atoms with Crippen LogP contribution < -0.4 is 10.6 Å². The molecule has 0 aromatic carbocycles. The SMILES string of the molecule is CO[C@@H]1C[C@@H]2CN(c3cc4nc(-c5ccco5)nn4c(N)n3)CCN2C1. The highest BCUT2D eigenvalue weighted by Crippen LogP contribution is 2.27. The zero-order valence-electron chi connectivity index (χ0n) is 14.6. The Kier molecular flexibility index (Phi) is 3.57. The second-order valence-electron chi connectivity index (χ2n) is 6.84. The Hall–Kier alpha value is -2.65. The molecule has 0 bridgehead atoms. The van der Waals surface area contributed by atoms with E-state index in [1.165, 1.54) is 0 Å². The minimum Gasteiger partial charge on any atom is -0.461 e. The van der Waals surface area contributed by atoms with Crippen molar-refractivity contribution in [2.24, 2.45) is 0 Å². The van der Waals surface area contributed by atoms with Crippen molar-refractivity contribution in [2.45, 2.75) is 18.6 Å². The number of methoxy groups -OCH3 is 1. The van der Waals surface area contributed by atoms with E-state index in [0.717, 1.165) is 38.4 Å². The van der Waals surface area contributed by atoms with Crippen LogP contribution in [-0.4, -0.2) is 69.9 Å². The number of piperazine rings is 1. The lowest BCUT2D eigenvalue weighted by Crippen LogP contribution is -2.50. The highest BCUT2D eigenvalue weighted by molar-refractivity contribution is 5.59. The van der Waals surface area contributed by atoms with E-state index >= 15 is 0 Å². The zero-order valence-corrected chi connectivity index (χ0v) is 14.6. The number of aromatic nitrogens is 4. The van der Waals surface area contributed by atoms with Crippen molar-refractivity contribution in [1.29, 1.82) is 0 Å². The normalized spacial score (nSPS) is 23.7. The number of nitrogens with two attached hydrogens (primary N) is 1. The largest absolute Gasteiger partial charge is 0.461 e. The summed E-state index contributed by atoms with van der Waals surface area (Å²) in [5, 5.41) is 4.40. The monoisotopic (exact) mass is 355 g/mol. The maximum atomic E-state index is 6.14. The van der Waals surface area contributed by atoms with E-state index in [9.17, 15) is 0 Å². The van der Waals surface area contributed by atoms with E-state index in [1.807, 2.05) is 18.2 Å². The predicted octanol–water partition coefficient (Wildman–Crippen LogP) is 0.876. The van der Waals surface area contributed by atoms with Gasteiger partial charge in [0.25, 0.3) is 0 Å². The number of furan rings is 1. The lowest BCUT2D eigenvalue weighted by Gasteiger charge is -2.37. The van der Waals surface area contributed by atoms with Crippen molar-refractivity contribution in [2.75, 3.05) is 43.9 Å². The molecule has 2 N–H and O–H groups in total. The molecule has 3 aromatic rings. The van der Waals surface area contributed by atoms with Crippen molar-refractivity contribution < 1.29 is 9.15 Å². The predicted molar refractivity (Wildman–Crippen MR) is 95.9 cm³/mol. The summed E-state index contributed by atoms with van der Waals surface area (Å²) in [6, 6.07) is 6.06. The van der Waals surface area contributed by atoms with Crippen LogP contribution in [0.2, 0.25) is 0 Å². The summed E-state index contributed by atoms with van der Waals surface area (Å²) in [4.78, 5) is 13.9. The molecule has 5 heterocycles. The number of nitrogens with zero attached hydrogens (tertiary/aromatic N) is 6. The standard InChI is InChI=1S/C17H21N7O2/c1-25-12-7-11-9-23(5-4-22(11)10-12)14-8-15-19-16(13-3-2-6-26-13)21-24(15)17(18)20-14/h2-3,6,8,11-12H,4-5,7,9-10H2,1H3,(H2,18,20)/t11-,12-/m1/s1. The second kappa shape index (κ2) is 5.96. The zero-order chi connectivity index (χ0) is 17.7. The van der Waals surface area contributed by atoms with Crippen LogP contribution in [0.4, 0.5) is 11.8 Å². The van der Waals surface area contributed by atoms with Crippen LogP contribution in [0, 0.1) is 0 Å². The number of rotatable bonds is 3. The van der Waals surface area contributed by atoms with Crippen LogP contribution in [0.15, 0.2) is 28.9 Å². The van der Waals surface area contributed by atoms with Gasteiger partial charge in [0, 0.05) is 45.4 Å². The van der Waals surface area contributed by atoms with E-state index in [1.54, 1.807) is 17.9 Å². The summed E-state index contributed by atoms with van der Waals surface area (Å²) in [7, 11) is 1.79. The molecule has 2 saturated heterocycles. The quantitative estimate of drug-likeness (QED) is 0.739. The average molecular weight is 355 g/mol. The summed E-state index contributed by atoms with van der Waals surface area (Å²) >= 11 is 0. The molecule has 9 nitrogen and oxygen atoms in total. The van der Waals surface area contributed by atoms with Gasteiger partial charge in [0.15, 0.2) is 11.4 Å². The van der Waals surface area contributed by atoms with E-state index in [-0.39, 0.29) is 0 Å². The summed E-state index contributed by atoms with van der Waals surface area (Å²) in [6.07, 6.45) is 2.98. The summed E-state index contributed by atoms with van der Waals surface area (Å²) in [5.74, 6) is 2.28. The van der Waals surface area contributed by atoms with E-state index in [0.29, 0.717) is 35.3 Å². The fourth-order valence-corrected chi connectivity index (χ4v) is 3.95. The van der Waals surface area contributed by atoms with Gasteiger partial charge in [-0.3, -0.25) is 4.90 Å². The van der Waals surface area contributed by atoms with E-state index in [4.69, 9.17) is 14.9 Å². The molecule has 0 unspecified atom stereocenters. The van der Waals surface area contributed by atoms with Gasteiger partial charge in [-0.15, -0.1) is 5.10 Å². The third-order valence-corrected chi connectivity index (χ3v) is 5.31. The van der Waals surface area contributed by atoms with Gasteiger partial charge in [-0.1, -0.05) is 0 Å². The molecule has 2 fully saturated rings. The van der Waals surface area contributed by atoms with E-state index in [2.05, 4.69) is 24.9 Å². The number of hydrogen-bond acceptors (Lipinski definition) is 8. The number of fused-ring (bicyclic) bond motifs is 2. The molecule has 0 saturated carbocycles. The van der Waals surface area contributed by atoms with Gasteiger partial charge < -0.3 is 19.8 Å². The van der Waals surface area contributed by atoms with Crippen molar-refractivity contribution in [1.82, 2.24) is 24.5 Å². The molecule has 2 aliphatic rings. The number of anilines is 2. The maximum Gasteiger partial charge on any atom is 0.225 e. The van der Waals surface area contributed by atoms with E-state index < -0.39 is 0 Å². The fourth-order valence-electron chi connectivity index (χ4n) is 3.95. The summed E-state index contributed by atoms with van der Waals surface area (Å²) in [5.41, 5.74) is 6.81. The van der Waals surface area contributed by atoms with Crippen LogP contribution in [0.3, 0.4) is 0 Å². The third-order valence-electron chi connectivity index (χ3n) is 5.31. The highest BCUT2D eigenvalue weighted by atomic mass is 16.5. The summed E-state index contributed by atoms with van der Waals surface area (Å²) in [6.45, 7) is 3.85. The first-order valence-electron chi connectivity index (χ1n) is 8.80. The van der Waals surface area contributed by atoms with Crippen molar-refractivity contribution >= 4 is 17.4 Å². The lowest BCUT2D eigenvalue weighted by atomic mass is 10.1. The van der Waals surface area contributed by atoms with Gasteiger partial charge >= 0.3 is 0 Å². The second-order valence-corrected chi connectivity index (χ2v) is 6.84. The molecule has 5 rings (SSSR count). The molecule has 136 valence electrons. The minimum absolute atomic E-state index is 0.325. The molecule has 0 amide bonds. The maximum absolute atomic E-state index is 6.14. The average Bonchev–Trinajstić information content (AvgIpc) is 3.38. The Bertz CT molecular complexity index is 923. The van der Waals surface area contributed by atoms with Crippen molar-refractivity contribution in [3.63, 3.8) is 0 Å². The topological polar surface area (TPSA) is 97.9 Å². The third kappa shape index (κ3) is 2.51.